The van der Waals surface area contributed by atoms with Crippen LogP contribution in [0.1, 0.15) is 40.3 Å². The van der Waals surface area contributed by atoms with Crippen LogP contribution in [0.5, 0.6) is 0 Å². The predicted octanol–water partition coefficient (Wildman–Crippen LogP) is 2.36. The number of hydrogen-bond acceptors (Lipinski definition) is 5. The average Bonchev–Trinajstić information content (AvgIpc) is 2.65. The Morgan fingerprint density at radius 1 is 1.03 bits per heavy atom. The fourth-order valence-corrected chi connectivity index (χ4v) is 4.70. The highest BCUT2D eigenvalue weighted by molar-refractivity contribution is 7.89. The Morgan fingerprint density at radius 2 is 1.59 bits per heavy atom. The van der Waals surface area contributed by atoms with Crippen molar-refractivity contribution in [3.8, 4) is 0 Å². The highest BCUT2D eigenvalue weighted by Crippen LogP contribution is 2.26. The SMILES string of the molecule is Cc1cc(C)c(C)c(S(=O)(=O)NCCC(=O)O[C@H](C(N)=O)c2ccccc2)c1C. The molecule has 156 valence electrons. The molecule has 0 heterocycles. The van der Waals surface area contributed by atoms with Gasteiger partial charge in [-0.15, -0.1) is 0 Å². The van der Waals surface area contributed by atoms with Gasteiger partial charge < -0.3 is 10.5 Å². The lowest BCUT2D eigenvalue weighted by atomic mass is 10.0. The quantitative estimate of drug-likeness (QED) is 0.639. The van der Waals surface area contributed by atoms with E-state index in [1.54, 1.807) is 44.2 Å². The maximum absolute atomic E-state index is 12.8. The third-order valence-electron chi connectivity index (χ3n) is 4.80. The molecule has 0 bridgehead atoms. The van der Waals surface area contributed by atoms with Crippen LogP contribution in [0.25, 0.3) is 0 Å². The van der Waals surface area contributed by atoms with Gasteiger partial charge in [0, 0.05) is 12.1 Å². The molecular formula is C21H26N2O5S. The standard InChI is InChI=1S/C21H26N2O5S/c1-13-12-14(2)16(4)20(15(13)3)29(26,27)23-11-10-18(24)28-19(21(22)25)17-8-6-5-7-9-17/h5-9,12,19,23H,10-11H2,1-4H3,(H2,22,25)/t19-/m0/s1. The van der Waals surface area contributed by atoms with Crippen molar-refractivity contribution in [2.45, 2.75) is 45.1 Å². The summed E-state index contributed by atoms with van der Waals surface area (Å²) in [5, 5.41) is 0. The summed E-state index contributed by atoms with van der Waals surface area (Å²) in [6.45, 7) is 7.05. The maximum Gasteiger partial charge on any atom is 0.308 e. The first kappa shape index (κ1) is 22.6. The molecule has 0 aliphatic rings. The Bertz CT molecular complexity index is 991. The zero-order chi connectivity index (χ0) is 21.8. The van der Waals surface area contributed by atoms with Crippen LogP contribution < -0.4 is 10.5 Å². The molecule has 1 atom stereocenters. The van der Waals surface area contributed by atoms with E-state index in [9.17, 15) is 18.0 Å². The second kappa shape index (κ2) is 9.19. The van der Waals surface area contributed by atoms with Gasteiger partial charge in [-0.25, -0.2) is 13.1 Å². The number of benzene rings is 2. The normalized spacial score (nSPS) is 12.4. The Balaban J connectivity index is 2.06. The zero-order valence-corrected chi connectivity index (χ0v) is 17.8. The van der Waals surface area contributed by atoms with Crippen molar-refractivity contribution in [1.82, 2.24) is 4.72 Å². The number of aryl methyl sites for hydroxylation is 2. The molecule has 2 aromatic rings. The van der Waals surface area contributed by atoms with Gasteiger partial charge >= 0.3 is 5.97 Å². The zero-order valence-electron chi connectivity index (χ0n) is 17.0. The Labute approximate surface area is 171 Å². The summed E-state index contributed by atoms with van der Waals surface area (Å²) in [4.78, 5) is 24.0. The van der Waals surface area contributed by atoms with Gasteiger partial charge in [-0.1, -0.05) is 36.4 Å². The number of hydrogen-bond donors (Lipinski definition) is 2. The summed E-state index contributed by atoms with van der Waals surface area (Å²) in [7, 11) is -3.81. The summed E-state index contributed by atoms with van der Waals surface area (Å²) in [5.74, 6) is -1.53. The molecule has 29 heavy (non-hydrogen) atoms. The summed E-state index contributed by atoms with van der Waals surface area (Å²) >= 11 is 0. The molecule has 3 N–H and O–H groups in total. The first-order valence-electron chi connectivity index (χ1n) is 9.15. The molecule has 2 aromatic carbocycles. The van der Waals surface area contributed by atoms with Crippen LogP contribution in [0.3, 0.4) is 0 Å². The number of nitrogens with one attached hydrogen (secondary N) is 1. The molecule has 0 saturated heterocycles. The number of carbonyl (C=O) groups excluding carboxylic acids is 2. The smallest absolute Gasteiger partial charge is 0.308 e. The lowest BCUT2D eigenvalue weighted by molar-refractivity contribution is -0.155. The number of rotatable bonds is 8. The minimum Gasteiger partial charge on any atom is -0.447 e. The van der Waals surface area contributed by atoms with E-state index in [1.165, 1.54) is 0 Å². The molecule has 1 amide bonds. The number of primary amides is 1. The lowest BCUT2D eigenvalue weighted by Crippen LogP contribution is -2.30. The molecule has 0 unspecified atom stereocenters. The van der Waals surface area contributed by atoms with Gasteiger partial charge in [0.25, 0.3) is 5.91 Å². The van der Waals surface area contributed by atoms with Crippen molar-refractivity contribution in [2.75, 3.05) is 6.54 Å². The summed E-state index contributed by atoms with van der Waals surface area (Å²) < 4.78 is 33.1. The first-order valence-corrected chi connectivity index (χ1v) is 10.6. The second-order valence-electron chi connectivity index (χ2n) is 6.92. The second-order valence-corrected chi connectivity index (χ2v) is 8.62. The molecule has 7 nitrogen and oxygen atoms in total. The predicted molar refractivity (Wildman–Crippen MR) is 110 cm³/mol. The first-order chi connectivity index (χ1) is 13.5. The molecule has 2 rings (SSSR count). The van der Waals surface area contributed by atoms with Crippen molar-refractivity contribution < 1.29 is 22.7 Å². The minimum atomic E-state index is -3.81. The van der Waals surface area contributed by atoms with Gasteiger partial charge in [0.2, 0.25) is 16.1 Å². The molecular weight excluding hydrogens is 392 g/mol. The average molecular weight is 419 g/mol. The number of carbonyl (C=O) groups is 2. The lowest BCUT2D eigenvalue weighted by Gasteiger charge is -2.17. The van der Waals surface area contributed by atoms with Crippen LogP contribution in [0.4, 0.5) is 0 Å². The van der Waals surface area contributed by atoms with Crippen molar-refractivity contribution >= 4 is 21.9 Å². The highest BCUT2D eigenvalue weighted by Gasteiger charge is 2.24. The summed E-state index contributed by atoms with van der Waals surface area (Å²) in [5.41, 5.74) is 8.86. The molecule has 0 aliphatic heterocycles. The van der Waals surface area contributed by atoms with E-state index < -0.39 is 28.0 Å². The van der Waals surface area contributed by atoms with Gasteiger partial charge in [-0.2, -0.15) is 0 Å². The Morgan fingerprint density at radius 3 is 2.10 bits per heavy atom. The number of ether oxygens (including phenoxy) is 1. The number of esters is 1. The van der Waals surface area contributed by atoms with Crippen molar-refractivity contribution in [3.05, 3.63) is 64.2 Å². The van der Waals surface area contributed by atoms with Crippen LogP contribution in [-0.2, 0) is 24.3 Å². The third-order valence-corrected chi connectivity index (χ3v) is 6.53. The van der Waals surface area contributed by atoms with Crippen LogP contribution in [0.2, 0.25) is 0 Å². The molecule has 0 spiro atoms. The fourth-order valence-electron chi connectivity index (χ4n) is 3.05. The van der Waals surface area contributed by atoms with Gasteiger partial charge in [0.1, 0.15) is 0 Å². The van der Waals surface area contributed by atoms with E-state index >= 15 is 0 Å². The van der Waals surface area contributed by atoms with Crippen molar-refractivity contribution in [3.63, 3.8) is 0 Å². The van der Waals surface area contributed by atoms with Crippen molar-refractivity contribution in [1.29, 1.82) is 0 Å². The summed E-state index contributed by atoms with van der Waals surface area (Å²) in [6.07, 6.45) is -1.46. The van der Waals surface area contributed by atoms with Crippen LogP contribution in [0.15, 0.2) is 41.3 Å². The van der Waals surface area contributed by atoms with Gasteiger partial charge in [0.15, 0.2) is 0 Å². The van der Waals surface area contributed by atoms with Crippen molar-refractivity contribution in [2.24, 2.45) is 5.73 Å². The van der Waals surface area contributed by atoms with Gasteiger partial charge in [0.05, 0.1) is 11.3 Å². The highest BCUT2D eigenvalue weighted by atomic mass is 32.2. The van der Waals surface area contributed by atoms with Crippen LogP contribution >= 0.6 is 0 Å². The topological polar surface area (TPSA) is 116 Å². The van der Waals surface area contributed by atoms with Crippen LogP contribution in [-0.4, -0.2) is 26.8 Å². The number of nitrogens with two attached hydrogens (primary N) is 1. The molecule has 0 radical (unpaired) electrons. The third kappa shape index (κ3) is 5.42. The molecule has 0 fully saturated rings. The molecule has 0 aromatic heterocycles. The Hall–Kier alpha value is -2.71. The van der Waals surface area contributed by atoms with E-state index in [0.29, 0.717) is 16.7 Å². The molecule has 0 aliphatic carbocycles. The van der Waals surface area contributed by atoms with Gasteiger partial charge in [-0.3, -0.25) is 9.59 Å². The van der Waals surface area contributed by atoms with E-state index in [4.69, 9.17) is 10.5 Å². The largest absolute Gasteiger partial charge is 0.447 e. The summed E-state index contributed by atoms with van der Waals surface area (Å²) in [6, 6.07) is 10.3. The maximum atomic E-state index is 12.8. The fraction of sp³-hybridized carbons (Fsp3) is 0.333. The van der Waals surface area contributed by atoms with Gasteiger partial charge in [-0.05, 0) is 49.9 Å². The monoisotopic (exact) mass is 418 g/mol. The van der Waals surface area contributed by atoms with E-state index in [2.05, 4.69) is 4.72 Å². The van der Waals surface area contributed by atoms with Crippen LogP contribution in [0, 0.1) is 27.7 Å². The van der Waals surface area contributed by atoms with E-state index in [1.807, 2.05) is 19.9 Å². The number of amides is 1. The van der Waals surface area contributed by atoms with E-state index in [0.717, 1.165) is 11.1 Å². The molecule has 8 heteroatoms. The Kier molecular flexibility index (Phi) is 7.16. The van der Waals surface area contributed by atoms with E-state index in [-0.39, 0.29) is 17.9 Å². The number of sulfonamides is 1. The minimum absolute atomic E-state index is 0.159. The molecule has 0 saturated carbocycles.